The van der Waals surface area contributed by atoms with Crippen molar-refractivity contribution in [3.05, 3.63) is 56.8 Å². The molecule has 18 heavy (non-hydrogen) atoms. The summed E-state index contributed by atoms with van der Waals surface area (Å²) in [6.07, 6.45) is 0. The van der Waals surface area contributed by atoms with E-state index < -0.39 is 0 Å². The monoisotopic (exact) mass is 276 g/mol. The van der Waals surface area contributed by atoms with E-state index in [1.807, 2.05) is 36.6 Å². The highest BCUT2D eigenvalue weighted by Gasteiger charge is 2.09. The number of nitrogens with zero attached hydrogens (tertiary/aromatic N) is 2. The number of rotatable bonds is 1. The Labute approximate surface area is 112 Å². The van der Waals surface area contributed by atoms with Gasteiger partial charge in [0.25, 0.3) is 5.56 Å². The van der Waals surface area contributed by atoms with Crippen LogP contribution in [0.3, 0.4) is 0 Å². The highest BCUT2D eigenvalue weighted by molar-refractivity contribution is 7.15. The molecule has 5 heteroatoms. The van der Waals surface area contributed by atoms with Gasteiger partial charge in [0.2, 0.25) is 0 Å². The maximum Gasteiger partial charge on any atom is 0.260 e. The Morgan fingerprint density at radius 1 is 1.28 bits per heavy atom. The van der Waals surface area contributed by atoms with Gasteiger partial charge in [0.05, 0.1) is 5.69 Å². The summed E-state index contributed by atoms with van der Waals surface area (Å²) in [6.45, 7) is 2.03. The van der Waals surface area contributed by atoms with Gasteiger partial charge < -0.3 is 0 Å². The molecule has 3 aromatic rings. The minimum absolute atomic E-state index is 0.151. The first-order valence-electron chi connectivity index (χ1n) is 5.39. The third-order valence-electron chi connectivity index (χ3n) is 2.72. The van der Waals surface area contributed by atoms with Crippen LogP contribution >= 0.6 is 22.9 Å². The fourth-order valence-electron chi connectivity index (χ4n) is 1.82. The van der Waals surface area contributed by atoms with Crippen molar-refractivity contribution < 1.29 is 0 Å². The number of benzene rings is 1. The van der Waals surface area contributed by atoms with Crippen LogP contribution in [-0.2, 0) is 0 Å². The minimum atomic E-state index is -0.151. The van der Waals surface area contributed by atoms with Gasteiger partial charge in [-0.15, -0.1) is 11.3 Å². The number of aryl methyl sites for hydroxylation is 1. The van der Waals surface area contributed by atoms with E-state index in [2.05, 4.69) is 4.98 Å². The lowest BCUT2D eigenvalue weighted by Crippen LogP contribution is -2.12. The van der Waals surface area contributed by atoms with Gasteiger partial charge in [-0.05, 0) is 12.5 Å². The van der Waals surface area contributed by atoms with Gasteiger partial charge in [-0.3, -0.25) is 9.20 Å². The predicted molar refractivity (Wildman–Crippen MR) is 74.5 cm³/mol. The number of hydrogen-bond donors (Lipinski definition) is 0. The van der Waals surface area contributed by atoms with E-state index >= 15 is 0 Å². The van der Waals surface area contributed by atoms with Crippen LogP contribution in [0.4, 0.5) is 0 Å². The molecule has 1 aromatic carbocycles. The van der Waals surface area contributed by atoms with Crippen molar-refractivity contribution in [1.82, 2.24) is 9.38 Å². The Bertz CT molecular complexity index is 774. The second-order valence-electron chi connectivity index (χ2n) is 4.02. The summed E-state index contributed by atoms with van der Waals surface area (Å²) in [5.41, 5.74) is 2.89. The molecule has 0 aliphatic carbocycles. The molecular weight excluding hydrogens is 268 g/mol. The van der Waals surface area contributed by atoms with Crippen LogP contribution in [-0.4, -0.2) is 9.38 Å². The zero-order valence-corrected chi connectivity index (χ0v) is 11.1. The first-order valence-corrected chi connectivity index (χ1v) is 6.65. The average Bonchev–Trinajstić information content (AvgIpc) is 2.74. The van der Waals surface area contributed by atoms with Crippen molar-refractivity contribution in [2.75, 3.05) is 0 Å². The van der Waals surface area contributed by atoms with Crippen LogP contribution in [0.25, 0.3) is 16.2 Å². The van der Waals surface area contributed by atoms with Crippen molar-refractivity contribution >= 4 is 27.9 Å². The van der Waals surface area contributed by atoms with Crippen molar-refractivity contribution in [3.8, 4) is 11.3 Å². The van der Waals surface area contributed by atoms with E-state index in [0.717, 1.165) is 11.3 Å². The van der Waals surface area contributed by atoms with Crippen LogP contribution in [0, 0.1) is 6.92 Å². The summed E-state index contributed by atoms with van der Waals surface area (Å²) in [4.78, 5) is 16.7. The number of fused-ring (bicyclic) bond motifs is 1. The van der Waals surface area contributed by atoms with Crippen molar-refractivity contribution in [2.24, 2.45) is 0 Å². The summed E-state index contributed by atoms with van der Waals surface area (Å²) in [6, 6.07) is 9.37. The molecule has 0 aliphatic rings. The smallest absolute Gasteiger partial charge is 0.260 e. The molecule has 2 heterocycles. The Kier molecular flexibility index (Phi) is 2.69. The number of hydrogen-bond acceptors (Lipinski definition) is 3. The minimum Gasteiger partial charge on any atom is -0.269 e. The third-order valence-corrected chi connectivity index (χ3v) is 3.74. The van der Waals surface area contributed by atoms with Gasteiger partial charge in [-0.25, -0.2) is 4.98 Å². The molecule has 0 unspecified atom stereocenters. The first-order chi connectivity index (χ1) is 8.65. The molecular formula is C13H9ClN2OS. The average molecular weight is 277 g/mol. The topological polar surface area (TPSA) is 34.4 Å². The Morgan fingerprint density at radius 2 is 2.00 bits per heavy atom. The Morgan fingerprint density at radius 3 is 2.72 bits per heavy atom. The lowest BCUT2D eigenvalue weighted by Gasteiger charge is -2.01. The van der Waals surface area contributed by atoms with Gasteiger partial charge in [-0.2, -0.15) is 0 Å². The van der Waals surface area contributed by atoms with Crippen molar-refractivity contribution in [2.45, 2.75) is 6.92 Å². The summed E-state index contributed by atoms with van der Waals surface area (Å²) < 4.78 is 1.58. The molecule has 0 spiro atoms. The fraction of sp³-hybridized carbons (Fsp3) is 0.0769. The highest BCUT2D eigenvalue weighted by Crippen LogP contribution is 2.24. The Balaban J connectivity index is 2.30. The van der Waals surface area contributed by atoms with E-state index in [1.165, 1.54) is 23.0 Å². The normalized spacial score (nSPS) is 11.0. The summed E-state index contributed by atoms with van der Waals surface area (Å²) in [5, 5.41) is 2.15. The molecule has 0 saturated carbocycles. The molecule has 0 saturated heterocycles. The summed E-state index contributed by atoms with van der Waals surface area (Å²) in [5.74, 6) is 0. The second kappa shape index (κ2) is 4.23. The van der Waals surface area contributed by atoms with Crippen LogP contribution in [0.1, 0.15) is 5.56 Å². The second-order valence-corrected chi connectivity index (χ2v) is 5.25. The first kappa shape index (κ1) is 11.4. The predicted octanol–water partition coefficient (Wildman–Crippen LogP) is 3.38. The molecule has 0 aliphatic heterocycles. The van der Waals surface area contributed by atoms with E-state index in [9.17, 15) is 4.79 Å². The SMILES string of the molecule is Cc1ccc(-c2csc3nc(Cl)cc(=O)n23)cc1. The zero-order valence-electron chi connectivity index (χ0n) is 9.55. The molecule has 3 rings (SSSR count). The molecule has 2 aromatic heterocycles. The van der Waals surface area contributed by atoms with Gasteiger partial charge >= 0.3 is 0 Å². The lowest BCUT2D eigenvalue weighted by atomic mass is 10.1. The van der Waals surface area contributed by atoms with Crippen molar-refractivity contribution in [1.29, 1.82) is 0 Å². The Hall–Kier alpha value is -1.65. The van der Waals surface area contributed by atoms with E-state index in [4.69, 9.17) is 11.6 Å². The van der Waals surface area contributed by atoms with Gasteiger partial charge in [0, 0.05) is 11.4 Å². The molecule has 0 amide bonds. The molecule has 3 nitrogen and oxygen atoms in total. The molecule has 90 valence electrons. The number of thiazole rings is 1. The summed E-state index contributed by atoms with van der Waals surface area (Å²) >= 11 is 7.19. The van der Waals surface area contributed by atoms with Gasteiger partial charge in [0.15, 0.2) is 4.96 Å². The van der Waals surface area contributed by atoms with Gasteiger partial charge in [0.1, 0.15) is 5.15 Å². The zero-order chi connectivity index (χ0) is 12.7. The molecule has 0 N–H and O–H groups in total. The third kappa shape index (κ3) is 1.83. The molecule has 0 atom stereocenters. The van der Waals surface area contributed by atoms with Crippen LogP contribution < -0.4 is 5.56 Å². The van der Waals surface area contributed by atoms with Gasteiger partial charge in [-0.1, -0.05) is 41.4 Å². The maximum atomic E-state index is 12.0. The largest absolute Gasteiger partial charge is 0.269 e. The van der Waals surface area contributed by atoms with E-state index in [1.54, 1.807) is 4.40 Å². The number of halogens is 1. The lowest BCUT2D eigenvalue weighted by molar-refractivity contribution is 1.08. The van der Waals surface area contributed by atoms with Crippen molar-refractivity contribution in [3.63, 3.8) is 0 Å². The molecule has 0 fully saturated rings. The van der Waals surface area contributed by atoms with Crippen LogP contribution in [0.5, 0.6) is 0 Å². The van der Waals surface area contributed by atoms with E-state index in [0.29, 0.717) is 4.96 Å². The maximum absolute atomic E-state index is 12.0. The fourth-order valence-corrected chi connectivity index (χ4v) is 2.94. The number of aromatic nitrogens is 2. The molecule has 0 radical (unpaired) electrons. The van der Waals surface area contributed by atoms with Crippen LogP contribution in [0.2, 0.25) is 5.15 Å². The molecule has 0 bridgehead atoms. The highest BCUT2D eigenvalue weighted by atomic mass is 35.5. The summed E-state index contributed by atoms with van der Waals surface area (Å²) in [7, 11) is 0. The standard InChI is InChI=1S/C13H9ClN2OS/c1-8-2-4-9(5-3-8)10-7-18-13-15-11(14)6-12(17)16(10)13/h2-7H,1H3. The van der Waals surface area contributed by atoms with E-state index in [-0.39, 0.29) is 10.7 Å². The van der Waals surface area contributed by atoms with Crippen LogP contribution in [0.15, 0.2) is 40.5 Å². The quantitative estimate of drug-likeness (QED) is 0.639.